The van der Waals surface area contributed by atoms with Crippen molar-refractivity contribution in [3.05, 3.63) is 65.2 Å². The molecule has 1 N–H and O–H groups in total. The Kier molecular flexibility index (Phi) is 6.80. The number of hydrogen-bond donors (Lipinski definition) is 1. The molecule has 0 aliphatic heterocycles. The van der Waals surface area contributed by atoms with E-state index in [2.05, 4.69) is 60.8 Å². The molecule has 0 aliphatic carbocycles. The average Bonchev–Trinajstić information content (AvgIpc) is 2.52. The van der Waals surface area contributed by atoms with Gasteiger partial charge in [-0.05, 0) is 30.2 Å². The lowest BCUT2D eigenvalue weighted by Crippen LogP contribution is -2.18. The molecule has 0 aromatic heterocycles. The Morgan fingerprint density at radius 2 is 1.86 bits per heavy atom. The second-order valence-electron chi connectivity index (χ2n) is 5.09. The monoisotopic (exact) mass is 301 g/mol. The van der Waals surface area contributed by atoms with Gasteiger partial charge in [0.25, 0.3) is 0 Å². The van der Waals surface area contributed by atoms with Crippen LogP contribution in [0.5, 0.6) is 0 Å². The average molecular weight is 301 g/mol. The lowest BCUT2D eigenvalue weighted by Gasteiger charge is -2.07. The zero-order valence-corrected chi connectivity index (χ0v) is 13.6. The second kappa shape index (κ2) is 8.88. The third-order valence-corrected chi connectivity index (χ3v) is 4.30. The molecule has 0 atom stereocenters. The maximum absolute atomic E-state index is 5.03. The zero-order chi connectivity index (χ0) is 14.9. The minimum Gasteiger partial charge on any atom is -0.383 e. The van der Waals surface area contributed by atoms with Gasteiger partial charge in [-0.2, -0.15) is 0 Å². The number of ether oxygens (including phenoxy) is 1. The first-order valence-electron chi connectivity index (χ1n) is 7.25. The van der Waals surface area contributed by atoms with Gasteiger partial charge in [-0.25, -0.2) is 0 Å². The van der Waals surface area contributed by atoms with Gasteiger partial charge in [0.2, 0.25) is 0 Å². The van der Waals surface area contributed by atoms with E-state index in [1.165, 1.54) is 21.6 Å². The van der Waals surface area contributed by atoms with E-state index in [-0.39, 0.29) is 0 Å². The second-order valence-corrected chi connectivity index (χ2v) is 6.14. The van der Waals surface area contributed by atoms with Crippen molar-refractivity contribution in [1.82, 2.24) is 5.32 Å². The molecule has 2 nitrogen and oxygen atoms in total. The molecule has 2 aromatic carbocycles. The minimum atomic E-state index is 0.752. The van der Waals surface area contributed by atoms with Crippen molar-refractivity contribution in [2.24, 2.45) is 0 Å². The van der Waals surface area contributed by atoms with Crippen molar-refractivity contribution in [1.29, 1.82) is 0 Å². The predicted octanol–water partition coefficient (Wildman–Crippen LogP) is 4.02. The maximum atomic E-state index is 5.03. The zero-order valence-electron chi connectivity index (χ0n) is 12.8. The summed E-state index contributed by atoms with van der Waals surface area (Å²) in [6.45, 7) is 4.65. The molecule has 0 aliphatic rings. The Morgan fingerprint density at radius 1 is 1.05 bits per heavy atom. The molecule has 0 saturated heterocycles. The fourth-order valence-electron chi connectivity index (χ4n) is 2.00. The third-order valence-electron chi connectivity index (χ3n) is 3.24. The first-order chi connectivity index (χ1) is 10.3. The highest BCUT2D eigenvalue weighted by Gasteiger charge is 1.99. The van der Waals surface area contributed by atoms with Crippen LogP contribution < -0.4 is 5.32 Å². The van der Waals surface area contributed by atoms with Crippen LogP contribution in [0.3, 0.4) is 0 Å². The van der Waals surface area contributed by atoms with E-state index < -0.39 is 0 Å². The first-order valence-corrected chi connectivity index (χ1v) is 8.23. The summed E-state index contributed by atoms with van der Waals surface area (Å²) in [6, 6.07) is 17.5. The molecule has 0 unspecified atom stereocenters. The van der Waals surface area contributed by atoms with E-state index in [0.717, 1.165) is 25.4 Å². The normalized spacial score (nSPS) is 10.8. The Labute approximate surface area is 131 Å². The molecule has 112 valence electrons. The van der Waals surface area contributed by atoms with Gasteiger partial charge < -0.3 is 10.1 Å². The summed E-state index contributed by atoms with van der Waals surface area (Å²) in [5.41, 5.74) is 4.00. The van der Waals surface area contributed by atoms with Crippen LogP contribution >= 0.6 is 11.8 Å². The molecule has 0 spiro atoms. The molecular formula is C18H23NOS. The summed E-state index contributed by atoms with van der Waals surface area (Å²) in [5, 5.41) is 3.38. The third kappa shape index (κ3) is 5.92. The highest BCUT2D eigenvalue weighted by atomic mass is 32.2. The van der Waals surface area contributed by atoms with E-state index in [1.54, 1.807) is 7.11 Å². The Balaban J connectivity index is 1.84. The Bertz CT molecular complexity index is 539. The van der Waals surface area contributed by atoms with Crippen LogP contribution in [-0.2, 0) is 17.0 Å². The molecule has 0 fully saturated rings. The van der Waals surface area contributed by atoms with Gasteiger partial charge in [-0.15, -0.1) is 11.8 Å². The van der Waals surface area contributed by atoms with Gasteiger partial charge in [-0.3, -0.25) is 0 Å². The van der Waals surface area contributed by atoms with E-state index in [4.69, 9.17) is 4.74 Å². The van der Waals surface area contributed by atoms with Crippen LogP contribution in [0.2, 0.25) is 0 Å². The molecule has 0 radical (unpaired) electrons. The summed E-state index contributed by atoms with van der Waals surface area (Å²) in [5.74, 6) is 1.01. The molecule has 2 aromatic rings. The van der Waals surface area contributed by atoms with Crippen LogP contribution in [0.15, 0.2) is 53.4 Å². The van der Waals surface area contributed by atoms with Crippen molar-refractivity contribution in [3.8, 4) is 0 Å². The highest BCUT2D eigenvalue weighted by Crippen LogP contribution is 2.23. The Morgan fingerprint density at radius 3 is 2.62 bits per heavy atom. The van der Waals surface area contributed by atoms with Crippen LogP contribution in [0, 0.1) is 6.92 Å². The molecule has 0 amide bonds. The molecular weight excluding hydrogens is 278 g/mol. The lowest BCUT2D eigenvalue weighted by molar-refractivity contribution is 0.199. The van der Waals surface area contributed by atoms with Gasteiger partial charge in [0.05, 0.1) is 6.61 Å². The molecule has 2 rings (SSSR count). The van der Waals surface area contributed by atoms with Gasteiger partial charge in [0.1, 0.15) is 0 Å². The van der Waals surface area contributed by atoms with Crippen LogP contribution in [0.1, 0.15) is 16.7 Å². The lowest BCUT2D eigenvalue weighted by atomic mass is 10.2. The maximum Gasteiger partial charge on any atom is 0.0587 e. The van der Waals surface area contributed by atoms with Crippen molar-refractivity contribution in [3.63, 3.8) is 0 Å². The fourth-order valence-corrected chi connectivity index (χ4v) is 2.94. The van der Waals surface area contributed by atoms with E-state index >= 15 is 0 Å². The largest absolute Gasteiger partial charge is 0.383 e. The fraction of sp³-hybridized carbons (Fsp3) is 0.333. The summed E-state index contributed by atoms with van der Waals surface area (Å²) >= 11 is 1.88. The van der Waals surface area contributed by atoms with E-state index in [9.17, 15) is 0 Å². The van der Waals surface area contributed by atoms with E-state index in [0.29, 0.717) is 0 Å². The molecule has 3 heteroatoms. The van der Waals surface area contributed by atoms with Crippen LogP contribution in [-0.4, -0.2) is 20.3 Å². The number of benzene rings is 2. The standard InChI is InChI=1S/C18H23NOS/c1-15-6-8-16(9-7-15)14-21-18-5-3-4-17(12-18)13-19-10-11-20-2/h3-9,12,19H,10-11,13-14H2,1-2H3. The van der Waals surface area contributed by atoms with Crippen molar-refractivity contribution in [2.45, 2.75) is 24.1 Å². The van der Waals surface area contributed by atoms with Crippen molar-refractivity contribution in [2.75, 3.05) is 20.3 Å². The van der Waals surface area contributed by atoms with Gasteiger partial charge >= 0.3 is 0 Å². The van der Waals surface area contributed by atoms with Gasteiger partial charge in [-0.1, -0.05) is 42.0 Å². The van der Waals surface area contributed by atoms with Gasteiger partial charge in [0.15, 0.2) is 0 Å². The predicted molar refractivity (Wildman–Crippen MR) is 90.8 cm³/mol. The number of nitrogens with one attached hydrogen (secondary N) is 1. The minimum absolute atomic E-state index is 0.752. The molecule has 0 heterocycles. The molecule has 21 heavy (non-hydrogen) atoms. The molecule has 0 bridgehead atoms. The SMILES string of the molecule is COCCNCc1cccc(SCc2ccc(C)cc2)c1. The number of hydrogen-bond acceptors (Lipinski definition) is 3. The number of methoxy groups -OCH3 is 1. The van der Waals surface area contributed by atoms with Crippen molar-refractivity contribution < 1.29 is 4.74 Å². The summed E-state index contributed by atoms with van der Waals surface area (Å²) in [7, 11) is 1.73. The number of thioether (sulfide) groups is 1. The number of aryl methyl sites for hydroxylation is 1. The Hall–Kier alpha value is -1.29. The summed E-state index contributed by atoms with van der Waals surface area (Å²) in [6.07, 6.45) is 0. The topological polar surface area (TPSA) is 21.3 Å². The summed E-state index contributed by atoms with van der Waals surface area (Å²) < 4.78 is 5.03. The van der Waals surface area contributed by atoms with Crippen LogP contribution in [0.25, 0.3) is 0 Å². The number of rotatable bonds is 8. The summed E-state index contributed by atoms with van der Waals surface area (Å²) in [4.78, 5) is 1.32. The smallest absolute Gasteiger partial charge is 0.0587 e. The molecule has 0 saturated carbocycles. The van der Waals surface area contributed by atoms with Gasteiger partial charge in [0, 0.05) is 30.8 Å². The van der Waals surface area contributed by atoms with E-state index in [1.807, 2.05) is 11.8 Å². The quantitative estimate of drug-likeness (QED) is 0.588. The highest BCUT2D eigenvalue weighted by molar-refractivity contribution is 7.98. The first kappa shape index (κ1) is 16.1. The van der Waals surface area contributed by atoms with Crippen molar-refractivity contribution >= 4 is 11.8 Å². The van der Waals surface area contributed by atoms with Crippen LogP contribution in [0.4, 0.5) is 0 Å².